The molecule has 5 heavy (non-hydrogen) atoms. The second-order valence-corrected chi connectivity index (χ2v) is 11.9. The van der Waals surface area contributed by atoms with E-state index in [9.17, 15) is 0 Å². The Labute approximate surface area is 60.7 Å². The first-order chi connectivity index (χ1) is 2.41. The fraction of sp³-hybridized carbons (Fsp3) is 1.00. The third-order valence-electron chi connectivity index (χ3n) is 0. The van der Waals surface area contributed by atoms with Crippen molar-refractivity contribution in [3.63, 3.8) is 0 Å². The minimum atomic E-state index is 0.628. The Morgan fingerprint density at radius 1 is 1.40 bits per heavy atom. The quantitative estimate of drug-likeness (QED) is 0.663. The predicted molar refractivity (Wildman–Crippen MR) is 36.2 cm³/mol. The van der Waals surface area contributed by atoms with Gasteiger partial charge in [-0.25, -0.2) is 0 Å². The van der Waals surface area contributed by atoms with Crippen LogP contribution in [0.3, 0.4) is 0 Å². The zero-order valence-electron chi connectivity index (χ0n) is 2.65. The van der Waals surface area contributed by atoms with Crippen LogP contribution in [0.15, 0.2) is 0 Å². The summed E-state index contributed by atoms with van der Waals surface area (Å²) in [6.45, 7) is 0. The van der Waals surface area contributed by atoms with Gasteiger partial charge in [0.25, 0.3) is 0 Å². The zero-order valence-corrected chi connectivity index (χ0v) is 8.36. The van der Waals surface area contributed by atoms with E-state index in [4.69, 9.17) is 5.11 Å². The van der Waals surface area contributed by atoms with Crippen molar-refractivity contribution < 1.29 is 14.6 Å². The molecule has 0 saturated carbocycles. The first kappa shape index (κ1) is 10.1. The summed E-state index contributed by atoms with van der Waals surface area (Å²) in [6, 6.07) is 0. The Morgan fingerprint density at radius 3 is 1.40 bits per heavy atom. The topological polar surface area (TPSA) is 20.2 Å². The monoisotopic (exact) mass is 337 g/mol. The van der Waals surface area contributed by atoms with E-state index in [0.717, 1.165) is 7.11 Å². The molecule has 0 aliphatic rings. The molecule has 1 nitrogen and oxygen atoms in total. The van der Waals surface area contributed by atoms with Gasteiger partial charge in [-0.3, -0.25) is 0 Å². The molecule has 4 heteroatoms. The van der Waals surface area contributed by atoms with Gasteiger partial charge in [0.15, 0.2) is 0 Å². The number of aliphatic hydroxyl groups is 1. The van der Waals surface area contributed by atoms with Crippen LogP contribution in [0.1, 0.15) is 0 Å². The second kappa shape index (κ2) is 16.7. The molecule has 0 aromatic heterocycles. The molecule has 0 heterocycles. The molecule has 0 rings (SSSR count). The number of hydrogen-bond donors (Lipinski definition) is 1. The molecular weight excluding hydrogens is 333 g/mol. The van der Waals surface area contributed by atoms with E-state index in [1.165, 1.54) is 0 Å². The van der Waals surface area contributed by atoms with Crippen molar-refractivity contribution in [2.45, 2.75) is 0 Å². The van der Waals surface area contributed by atoms with Crippen molar-refractivity contribution in [1.29, 1.82) is 0 Å². The van der Waals surface area contributed by atoms with Crippen molar-refractivity contribution in [3.8, 4) is 0 Å². The molecule has 33 valence electrons. The normalized spacial score (nSPS) is 4.00. The summed E-state index contributed by atoms with van der Waals surface area (Å²) in [5.41, 5.74) is 0. The Morgan fingerprint density at radius 2 is 1.40 bits per heavy atom. The molecule has 0 aromatic rings. The molecule has 1 N–H and O–H groups in total. The van der Waals surface area contributed by atoms with Crippen LogP contribution in [-0.4, -0.2) is 12.2 Å². The van der Waals surface area contributed by atoms with Crippen molar-refractivity contribution >= 4 is 40.0 Å². The van der Waals surface area contributed by atoms with E-state index in [-0.39, 0.29) is 0 Å². The molecule has 0 aromatic carbocycles. The van der Waals surface area contributed by atoms with Gasteiger partial charge >= 0.3 is 49.4 Å². The number of aliphatic hydroxyl groups excluding tert-OH is 1. The predicted octanol–water partition coefficient (Wildman–Crippen LogP) is 1.38. The van der Waals surface area contributed by atoms with Crippen LogP contribution in [0.5, 0.6) is 0 Å². The van der Waals surface area contributed by atoms with E-state index in [0.29, 0.717) is 9.47 Å². The van der Waals surface area contributed by atoms with Crippen LogP contribution in [-0.2, 0) is 9.47 Å². The molecule has 0 fully saturated rings. The first-order valence-electron chi connectivity index (χ1n) is 0.785. The summed E-state index contributed by atoms with van der Waals surface area (Å²) in [6.07, 6.45) is 0. The fourth-order valence-electron chi connectivity index (χ4n) is 0. The fourth-order valence-corrected chi connectivity index (χ4v) is 0. The summed E-state index contributed by atoms with van der Waals surface area (Å²) < 4.78 is 0. The van der Waals surface area contributed by atoms with Crippen LogP contribution in [0, 0.1) is 0 Å². The summed E-state index contributed by atoms with van der Waals surface area (Å²) in [4.78, 5) is 0. The number of rotatable bonds is 0. The van der Waals surface area contributed by atoms with Crippen LogP contribution in [0.25, 0.3) is 0 Å². The summed E-state index contributed by atoms with van der Waals surface area (Å²) in [5, 5.41) is 7.00. The van der Waals surface area contributed by atoms with Crippen LogP contribution >= 0.6 is 40.0 Å². The minimum absolute atomic E-state index is 0.628. The Kier molecular flexibility index (Phi) is 33.6. The molecule has 0 bridgehead atoms. The van der Waals surface area contributed by atoms with Gasteiger partial charge in [0.2, 0.25) is 0 Å². The van der Waals surface area contributed by atoms with Crippen molar-refractivity contribution in [1.82, 2.24) is 0 Å². The average molecular weight is 337 g/mol. The van der Waals surface area contributed by atoms with E-state index in [1.54, 1.807) is 0 Å². The van der Waals surface area contributed by atoms with Gasteiger partial charge in [0, 0.05) is 7.11 Å². The van der Waals surface area contributed by atoms with Crippen molar-refractivity contribution in [3.05, 3.63) is 0 Å². The molecule has 0 atom stereocenters. The molecular formula is CH4I2OV. The summed E-state index contributed by atoms with van der Waals surface area (Å²) in [5.74, 6) is 0. The van der Waals surface area contributed by atoms with Crippen molar-refractivity contribution in [2.24, 2.45) is 0 Å². The van der Waals surface area contributed by atoms with E-state index >= 15 is 0 Å². The number of hydrogen-bond acceptors (Lipinski definition) is 1. The molecule has 0 unspecified atom stereocenters. The SMILES string of the molecule is CO.[I][V][I]. The van der Waals surface area contributed by atoms with Gasteiger partial charge in [-0.05, 0) is 0 Å². The molecule has 0 saturated heterocycles. The van der Waals surface area contributed by atoms with Gasteiger partial charge in [0.1, 0.15) is 0 Å². The zero-order chi connectivity index (χ0) is 4.71. The van der Waals surface area contributed by atoms with Crippen LogP contribution in [0.2, 0.25) is 0 Å². The van der Waals surface area contributed by atoms with E-state index in [2.05, 4.69) is 40.0 Å². The average Bonchev–Trinajstić information content (AvgIpc) is 1.46. The Bertz CT molecular complexity index is 9.61. The summed E-state index contributed by atoms with van der Waals surface area (Å²) >= 11 is 4.74. The molecule has 0 aliphatic heterocycles. The third kappa shape index (κ3) is 24.0. The Balaban J connectivity index is 0. The van der Waals surface area contributed by atoms with Crippen molar-refractivity contribution in [2.75, 3.05) is 7.11 Å². The molecule has 0 radical (unpaired) electrons. The Hall–Kier alpha value is 2.00. The number of halogens is 2. The van der Waals surface area contributed by atoms with E-state index in [1.807, 2.05) is 0 Å². The first-order valence-corrected chi connectivity index (χ1v) is 9.80. The van der Waals surface area contributed by atoms with Gasteiger partial charge in [-0.2, -0.15) is 0 Å². The maximum atomic E-state index is 7.00. The van der Waals surface area contributed by atoms with E-state index < -0.39 is 0 Å². The third-order valence-corrected chi connectivity index (χ3v) is 0. The summed E-state index contributed by atoms with van der Waals surface area (Å²) in [7, 11) is 1.63. The van der Waals surface area contributed by atoms with Gasteiger partial charge in [0.05, 0.1) is 0 Å². The molecule has 0 amide bonds. The maximum absolute atomic E-state index is 7.00. The molecule has 0 spiro atoms. The van der Waals surface area contributed by atoms with Gasteiger partial charge < -0.3 is 5.11 Å². The van der Waals surface area contributed by atoms with Crippen LogP contribution in [0.4, 0.5) is 0 Å². The standard InChI is InChI=1S/CH4O.2HI.V/c1-2;;;/h2H,1H3;2*1H;/q;;;+2/p-2. The van der Waals surface area contributed by atoms with Crippen LogP contribution < -0.4 is 0 Å². The molecule has 0 aliphatic carbocycles. The van der Waals surface area contributed by atoms with Gasteiger partial charge in [-0.1, -0.05) is 0 Å². The van der Waals surface area contributed by atoms with Gasteiger partial charge in [-0.15, -0.1) is 0 Å². The second-order valence-electron chi connectivity index (χ2n) is 0.0639.